The fraction of sp³-hybridized carbons (Fsp3) is 0. The van der Waals surface area contributed by atoms with Gasteiger partial charge in [-0.1, -0.05) is 23.2 Å². The van der Waals surface area contributed by atoms with Crippen LogP contribution in [0.3, 0.4) is 0 Å². The Labute approximate surface area is 137 Å². The molecule has 0 saturated heterocycles. The SMILES string of the molecule is Nc1c(F)c(S(=O)(=O)Nc2cc(Cl)ncn2)cc(Cl)c1Br. The predicted molar refractivity (Wildman–Crippen MR) is 81.4 cm³/mol. The molecule has 0 fully saturated rings. The number of nitrogens with two attached hydrogens (primary N) is 1. The highest BCUT2D eigenvalue weighted by atomic mass is 79.9. The average molecular weight is 416 g/mol. The minimum atomic E-state index is -4.28. The summed E-state index contributed by atoms with van der Waals surface area (Å²) in [6, 6.07) is 2.10. The van der Waals surface area contributed by atoms with Crippen LogP contribution in [0, 0.1) is 5.82 Å². The second kappa shape index (κ2) is 5.91. The number of hydrogen-bond acceptors (Lipinski definition) is 5. The van der Waals surface area contributed by atoms with Crippen LogP contribution in [-0.4, -0.2) is 18.4 Å². The first kappa shape index (κ1) is 16.2. The number of rotatable bonds is 3. The number of nitrogen functional groups attached to an aromatic ring is 1. The van der Waals surface area contributed by atoms with E-state index in [4.69, 9.17) is 28.9 Å². The second-order valence-electron chi connectivity index (χ2n) is 3.73. The molecule has 112 valence electrons. The maximum absolute atomic E-state index is 14.0. The van der Waals surface area contributed by atoms with E-state index in [2.05, 4.69) is 30.6 Å². The van der Waals surface area contributed by atoms with Crippen LogP contribution in [0.5, 0.6) is 0 Å². The van der Waals surface area contributed by atoms with E-state index in [1.807, 2.05) is 0 Å². The van der Waals surface area contributed by atoms with E-state index >= 15 is 0 Å². The van der Waals surface area contributed by atoms with Gasteiger partial charge in [-0.25, -0.2) is 22.8 Å². The van der Waals surface area contributed by atoms with Gasteiger partial charge in [-0.05, 0) is 22.0 Å². The van der Waals surface area contributed by atoms with Gasteiger partial charge in [0.2, 0.25) is 0 Å². The van der Waals surface area contributed by atoms with Gasteiger partial charge in [0.1, 0.15) is 22.2 Å². The van der Waals surface area contributed by atoms with Gasteiger partial charge in [0.15, 0.2) is 5.82 Å². The lowest BCUT2D eigenvalue weighted by Gasteiger charge is -2.11. The van der Waals surface area contributed by atoms with Crippen molar-refractivity contribution >= 4 is 60.7 Å². The smallest absolute Gasteiger partial charge is 0.266 e. The molecule has 0 aliphatic carbocycles. The minimum Gasteiger partial charge on any atom is -0.395 e. The third kappa shape index (κ3) is 3.37. The number of benzene rings is 1. The summed E-state index contributed by atoms with van der Waals surface area (Å²) in [7, 11) is -4.28. The van der Waals surface area contributed by atoms with Gasteiger partial charge in [-0.2, -0.15) is 0 Å². The molecule has 11 heteroatoms. The second-order valence-corrected chi connectivity index (χ2v) is 6.97. The molecule has 1 aromatic heterocycles. The summed E-state index contributed by atoms with van der Waals surface area (Å²) in [5.74, 6) is -1.24. The molecule has 1 heterocycles. The van der Waals surface area contributed by atoms with Crippen molar-refractivity contribution in [2.24, 2.45) is 0 Å². The third-order valence-electron chi connectivity index (χ3n) is 2.32. The number of sulfonamides is 1. The van der Waals surface area contributed by atoms with Crippen molar-refractivity contribution in [3.05, 3.63) is 38.9 Å². The summed E-state index contributed by atoms with van der Waals surface area (Å²) in [6.45, 7) is 0. The van der Waals surface area contributed by atoms with Crippen molar-refractivity contribution in [3.63, 3.8) is 0 Å². The molecule has 6 nitrogen and oxygen atoms in total. The summed E-state index contributed by atoms with van der Waals surface area (Å²) in [6.07, 6.45) is 1.06. The number of nitrogens with zero attached hydrogens (tertiary/aromatic N) is 2. The number of aromatic nitrogens is 2. The normalized spacial score (nSPS) is 11.4. The van der Waals surface area contributed by atoms with E-state index in [1.54, 1.807) is 0 Å². The van der Waals surface area contributed by atoms with Crippen LogP contribution in [-0.2, 0) is 10.0 Å². The molecule has 0 spiro atoms. The molecule has 0 bridgehead atoms. The van der Waals surface area contributed by atoms with Crippen LogP contribution >= 0.6 is 39.1 Å². The molecule has 0 saturated carbocycles. The van der Waals surface area contributed by atoms with Crippen molar-refractivity contribution in [2.75, 3.05) is 10.5 Å². The van der Waals surface area contributed by atoms with Crippen LogP contribution in [0.2, 0.25) is 10.2 Å². The Morgan fingerprint density at radius 2 is 1.95 bits per heavy atom. The Morgan fingerprint density at radius 3 is 2.57 bits per heavy atom. The topological polar surface area (TPSA) is 98.0 Å². The predicted octanol–water partition coefficient (Wildman–Crippen LogP) is 3.07. The van der Waals surface area contributed by atoms with Gasteiger partial charge in [0.05, 0.1) is 15.2 Å². The summed E-state index contributed by atoms with van der Waals surface area (Å²) >= 11 is 14.4. The maximum Gasteiger partial charge on any atom is 0.266 e. The molecule has 0 atom stereocenters. The van der Waals surface area contributed by atoms with Crippen molar-refractivity contribution in [3.8, 4) is 0 Å². The fourth-order valence-corrected chi connectivity index (χ4v) is 3.20. The van der Waals surface area contributed by atoms with Gasteiger partial charge < -0.3 is 5.73 Å². The minimum absolute atomic E-state index is 0.0246. The maximum atomic E-state index is 14.0. The zero-order valence-corrected chi connectivity index (χ0v) is 13.9. The lowest BCUT2D eigenvalue weighted by molar-refractivity contribution is 0.572. The van der Waals surface area contributed by atoms with Crippen molar-refractivity contribution in [2.45, 2.75) is 4.90 Å². The van der Waals surface area contributed by atoms with Crippen LogP contribution in [0.15, 0.2) is 27.8 Å². The highest BCUT2D eigenvalue weighted by molar-refractivity contribution is 9.10. The Hall–Kier alpha value is -1.16. The van der Waals surface area contributed by atoms with Gasteiger partial charge in [-0.15, -0.1) is 0 Å². The van der Waals surface area contributed by atoms with Crippen LogP contribution < -0.4 is 10.5 Å². The van der Waals surface area contributed by atoms with Crippen molar-refractivity contribution in [1.29, 1.82) is 0 Å². The number of halogens is 4. The average Bonchev–Trinajstić information content (AvgIpc) is 2.40. The molecule has 0 amide bonds. The number of anilines is 2. The molecule has 1 aromatic carbocycles. The van der Waals surface area contributed by atoms with Crippen LogP contribution in [0.25, 0.3) is 0 Å². The van der Waals surface area contributed by atoms with E-state index in [0.717, 1.165) is 12.4 Å². The Bertz CT molecular complexity index is 819. The van der Waals surface area contributed by atoms with Crippen LogP contribution in [0.1, 0.15) is 0 Å². The Kier molecular flexibility index (Phi) is 4.57. The van der Waals surface area contributed by atoms with Gasteiger partial charge >= 0.3 is 0 Å². The zero-order valence-electron chi connectivity index (χ0n) is 9.94. The molecule has 3 N–H and O–H groups in total. The third-order valence-corrected chi connectivity index (χ3v) is 5.26. The molecule has 2 aromatic rings. The molecule has 0 unspecified atom stereocenters. The standard InChI is InChI=1S/C10H6BrCl2FN4O2S/c11-8-4(12)1-5(9(14)10(8)15)21(19,20)18-7-2-6(13)16-3-17-7/h1-3H,15H2,(H,16,17,18). The highest BCUT2D eigenvalue weighted by Gasteiger charge is 2.24. The summed E-state index contributed by atoms with van der Waals surface area (Å²) < 4.78 is 40.5. The first-order valence-electron chi connectivity index (χ1n) is 5.15. The summed E-state index contributed by atoms with van der Waals surface area (Å²) in [5, 5.41) is -0.0217. The lowest BCUT2D eigenvalue weighted by Crippen LogP contribution is -2.16. The molecular formula is C10H6BrCl2FN4O2S. The van der Waals surface area contributed by atoms with E-state index in [1.165, 1.54) is 6.07 Å². The van der Waals surface area contributed by atoms with E-state index in [0.29, 0.717) is 0 Å². The summed E-state index contributed by atoms with van der Waals surface area (Å²) in [5.41, 5.74) is 5.04. The Morgan fingerprint density at radius 1 is 1.29 bits per heavy atom. The first-order valence-corrected chi connectivity index (χ1v) is 8.19. The molecule has 2 rings (SSSR count). The van der Waals surface area contributed by atoms with Crippen molar-refractivity contribution in [1.82, 2.24) is 9.97 Å². The molecule has 0 aliphatic heterocycles. The molecular weight excluding hydrogens is 410 g/mol. The van der Waals surface area contributed by atoms with E-state index < -0.39 is 26.4 Å². The number of hydrogen-bond donors (Lipinski definition) is 2. The quantitative estimate of drug-likeness (QED) is 0.456. The number of nitrogens with one attached hydrogen (secondary N) is 1. The van der Waals surface area contributed by atoms with Gasteiger partial charge in [0, 0.05) is 6.07 Å². The van der Waals surface area contributed by atoms with Crippen molar-refractivity contribution < 1.29 is 12.8 Å². The van der Waals surface area contributed by atoms with E-state index in [9.17, 15) is 12.8 Å². The summed E-state index contributed by atoms with van der Waals surface area (Å²) in [4.78, 5) is 6.55. The largest absolute Gasteiger partial charge is 0.395 e. The van der Waals surface area contributed by atoms with Gasteiger partial charge in [-0.3, -0.25) is 4.72 Å². The highest BCUT2D eigenvalue weighted by Crippen LogP contribution is 2.35. The monoisotopic (exact) mass is 414 g/mol. The molecule has 21 heavy (non-hydrogen) atoms. The lowest BCUT2D eigenvalue weighted by atomic mass is 10.3. The fourth-order valence-electron chi connectivity index (χ4n) is 1.38. The molecule has 0 aliphatic rings. The van der Waals surface area contributed by atoms with Crippen LogP contribution in [0.4, 0.5) is 15.9 Å². The Balaban J connectivity index is 2.50. The van der Waals surface area contributed by atoms with E-state index in [-0.39, 0.29) is 20.5 Å². The molecule has 0 radical (unpaired) electrons. The zero-order chi connectivity index (χ0) is 15.8. The van der Waals surface area contributed by atoms with Gasteiger partial charge in [0.25, 0.3) is 10.0 Å². The first-order chi connectivity index (χ1) is 9.72.